The van der Waals surface area contributed by atoms with Gasteiger partial charge in [-0.2, -0.15) is 4.98 Å². The first kappa shape index (κ1) is 16.6. The Balaban J connectivity index is 1.44. The van der Waals surface area contributed by atoms with Crippen LogP contribution in [0.1, 0.15) is 17.5 Å². The summed E-state index contributed by atoms with van der Waals surface area (Å²) in [6, 6.07) is 9.14. The molecule has 130 valence electrons. The van der Waals surface area contributed by atoms with Crippen LogP contribution in [0.5, 0.6) is 0 Å². The van der Waals surface area contributed by atoms with Crippen LogP contribution in [0.15, 0.2) is 45.5 Å². The number of benzene rings is 1. The van der Waals surface area contributed by atoms with Gasteiger partial charge in [0.05, 0.1) is 35.6 Å². The molecule has 1 aliphatic heterocycles. The van der Waals surface area contributed by atoms with Crippen LogP contribution < -0.4 is 0 Å². The zero-order chi connectivity index (χ0) is 17.2. The summed E-state index contributed by atoms with van der Waals surface area (Å²) >= 11 is 12.1. The predicted molar refractivity (Wildman–Crippen MR) is 92.4 cm³/mol. The topological polar surface area (TPSA) is 64.5 Å². The fourth-order valence-corrected chi connectivity index (χ4v) is 3.09. The average molecular weight is 380 g/mol. The van der Waals surface area contributed by atoms with Crippen molar-refractivity contribution in [2.24, 2.45) is 0 Å². The third-order valence-corrected chi connectivity index (χ3v) is 4.77. The first-order valence-electron chi connectivity index (χ1n) is 7.84. The molecule has 0 bridgehead atoms. The minimum Gasteiger partial charge on any atom is -0.459 e. The third kappa shape index (κ3) is 3.72. The fourth-order valence-electron chi connectivity index (χ4n) is 2.78. The maximum Gasteiger partial charge on any atom is 0.293 e. The molecule has 25 heavy (non-hydrogen) atoms. The van der Waals surface area contributed by atoms with Crippen LogP contribution in [-0.2, 0) is 11.3 Å². The Morgan fingerprint density at radius 1 is 1.20 bits per heavy atom. The quantitative estimate of drug-likeness (QED) is 0.676. The molecule has 0 amide bonds. The van der Waals surface area contributed by atoms with E-state index in [0.29, 0.717) is 47.2 Å². The summed E-state index contributed by atoms with van der Waals surface area (Å²) in [7, 11) is 0. The third-order valence-electron chi connectivity index (χ3n) is 4.03. The van der Waals surface area contributed by atoms with E-state index in [1.807, 2.05) is 12.1 Å². The largest absolute Gasteiger partial charge is 0.459 e. The molecule has 0 saturated carbocycles. The molecule has 0 spiro atoms. The molecule has 1 aliphatic rings. The highest BCUT2D eigenvalue weighted by molar-refractivity contribution is 6.42. The molecule has 0 unspecified atom stereocenters. The zero-order valence-corrected chi connectivity index (χ0v) is 14.7. The van der Waals surface area contributed by atoms with E-state index in [1.165, 1.54) is 0 Å². The first-order chi connectivity index (χ1) is 12.2. The van der Waals surface area contributed by atoms with Gasteiger partial charge in [-0.25, -0.2) is 0 Å². The zero-order valence-electron chi connectivity index (χ0n) is 13.2. The second kappa shape index (κ2) is 7.17. The number of hydrogen-bond donors (Lipinski definition) is 0. The fraction of sp³-hybridized carbons (Fsp3) is 0.294. The van der Waals surface area contributed by atoms with Crippen molar-refractivity contribution < 1.29 is 13.7 Å². The Bertz CT molecular complexity index is 851. The highest BCUT2D eigenvalue weighted by Crippen LogP contribution is 2.29. The van der Waals surface area contributed by atoms with Gasteiger partial charge in [-0.3, -0.25) is 4.90 Å². The van der Waals surface area contributed by atoms with Gasteiger partial charge in [0.2, 0.25) is 0 Å². The molecular weight excluding hydrogens is 365 g/mol. The van der Waals surface area contributed by atoms with Crippen molar-refractivity contribution in [1.82, 2.24) is 15.0 Å². The SMILES string of the molecule is Clc1ccc([C@H]2CN(Cc3noc(-c4ccco4)n3)CCO2)cc1Cl. The van der Waals surface area contributed by atoms with E-state index in [0.717, 1.165) is 12.1 Å². The van der Waals surface area contributed by atoms with Gasteiger partial charge in [0.1, 0.15) is 0 Å². The van der Waals surface area contributed by atoms with Gasteiger partial charge in [-0.15, -0.1) is 0 Å². The number of aromatic nitrogens is 2. The van der Waals surface area contributed by atoms with E-state index >= 15 is 0 Å². The molecule has 8 heteroatoms. The maximum atomic E-state index is 6.11. The van der Waals surface area contributed by atoms with Gasteiger partial charge < -0.3 is 13.7 Å². The molecule has 1 atom stereocenters. The first-order valence-corrected chi connectivity index (χ1v) is 8.60. The van der Waals surface area contributed by atoms with Crippen LogP contribution in [0.3, 0.4) is 0 Å². The minimum atomic E-state index is -0.0695. The summed E-state index contributed by atoms with van der Waals surface area (Å²) in [5.41, 5.74) is 1.00. The van der Waals surface area contributed by atoms with Crippen LogP contribution in [0.25, 0.3) is 11.7 Å². The Labute approximate surface area is 154 Å². The molecular formula is C17H15Cl2N3O3. The van der Waals surface area contributed by atoms with E-state index in [2.05, 4.69) is 15.0 Å². The Morgan fingerprint density at radius 2 is 2.12 bits per heavy atom. The van der Waals surface area contributed by atoms with Crippen molar-refractivity contribution in [2.75, 3.05) is 19.7 Å². The van der Waals surface area contributed by atoms with Gasteiger partial charge in [0, 0.05) is 13.1 Å². The van der Waals surface area contributed by atoms with Gasteiger partial charge >= 0.3 is 0 Å². The number of morpholine rings is 1. The van der Waals surface area contributed by atoms with E-state index in [4.69, 9.17) is 36.9 Å². The molecule has 0 radical (unpaired) electrons. The predicted octanol–water partition coefficient (Wildman–Crippen LogP) is 4.21. The summed E-state index contributed by atoms with van der Waals surface area (Å²) in [5, 5.41) is 5.09. The van der Waals surface area contributed by atoms with Crippen LogP contribution in [0.4, 0.5) is 0 Å². The van der Waals surface area contributed by atoms with Crippen molar-refractivity contribution in [1.29, 1.82) is 0 Å². The summed E-state index contributed by atoms with van der Waals surface area (Å²) in [6.07, 6.45) is 1.50. The summed E-state index contributed by atoms with van der Waals surface area (Å²) in [6.45, 7) is 2.70. The number of rotatable bonds is 4. The smallest absolute Gasteiger partial charge is 0.293 e. The number of halogens is 2. The van der Waals surface area contributed by atoms with Crippen molar-refractivity contribution >= 4 is 23.2 Å². The maximum absolute atomic E-state index is 6.11. The molecule has 3 aromatic rings. The van der Waals surface area contributed by atoms with E-state index in [1.54, 1.807) is 24.5 Å². The van der Waals surface area contributed by atoms with E-state index in [-0.39, 0.29) is 6.10 Å². The molecule has 1 fully saturated rings. The van der Waals surface area contributed by atoms with E-state index in [9.17, 15) is 0 Å². The van der Waals surface area contributed by atoms with Crippen molar-refractivity contribution in [3.05, 3.63) is 58.0 Å². The minimum absolute atomic E-state index is 0.0695. The summed E-state index contributed by atoms with van der Waals surface area (Å²) in [4.78, 5) is 6.59. The molecule has 2 aromatic heterocycles. The Morgan fingerprint density at radius 3 is 2.92 bits per heavy atom. The lowest BCUT2D eigenvalue weighted by atomic mass is 10.1. The van der Waals surface area contributed by atoms with Gasteiger partial charge in [0.15, 0.2) is 11.6 Å². The standard InChI is InChI=1S/C17H15Cl2N3O3/c18-12-4-3-11(8-13(12)19)15-9-22(5-7-24-15)10-16-20-17(25-21-16)14-2-1-6-23-14/h1-4,6,8,15H,5,7,9-10H2/t15-/m1/s1. The highest BCUT2D eigenvalue weighted by Gasteiger charge is 2.24. The molecule has 0 N–H and O–H groups in total. The summed E-state index contributed by atoms with van der Waals surface area (Å²) < 4.78 is 16.4. The number of ether oxygens (including phenoxy) is 1. The number of furan rings is 1. The number of nitrogens with zero attached hydrogens (tertiary/aromatic N) is 3. The van der Waals surface area contributed by atoms with Crippen LogP contribution in [0, 0.1) is 0 Å². The number of hydrogen-bond acceptors (Lipinski definition) is 6. The van der Waals surface area contributed by atoms with Crippen molar-refractivity contribution in [3.63, 3.8) is 0 Å². The normalized spacial score (nSPS) is 18.6. The molecule has 0 aliphatic carbocycles. The van der Waals surface area contributed by atoms with Crippen molar-refractivity contribution in [3.8, 4) is 11.7 Å². The Kier molecular flexibility index (Phi) is 4.76. The lowest BCUT2D eigenvalue weighted by Crippen LogP contribution is -2.38. The van der Waals surface area contributed by atoms with Gasteiger partial charge in [-0.05, 0) is 29.8 Å². The highest BCUT2D eigenvalue weighted by atomic mass is 35.5. The Hall–Kier alpha value is -1.86. The monoisotopic (exact) mass is 379 g/mol. The van der Waals surface area contributed by atoms with Gasteiger partial charge in [0.25, 0.3) is 5.89 Å². The average Bonchev–Trinajstić information content (AvgIpc) is 3.29. The molecule has 4 rings (SSSR count). The molecule has 6 nitrogen and oxygen atoms in total. The molecule has 1 aromatic carbocycles. The second-order valence-electron chi connectivity index (χ2n) is 5.76. The van der Waals surface area contributed by atoms with Gasteiger partial charge in [-0.1, -0.05) is 34.4 Å². The van der Waals surface area contributed by atoms with Crippen LogP contribution in [0.2, 0.25) is 10.0 Å². The lowest BCUT2D eigenvalue weighted by molar-refractivity contribution is -0.0338. The molecule has 3 heterocycles. The van der Waals surface area contributed by atoms with Crippen molar-refractivity contribution in [2.45, 2.75) is 12.6 Å². The lowest BCUT2D eigenvalue weighted by Gasteiger charge is -2.32. The second-order valence-corrected chi connectivity index (χ2v) is 6.58. The van der Waals surface area contributed by atoms with Crippen LogP contribution in [-0.4, -0.2) is 34.7 Å². The van der Waals surface area contributed by atoms with E-state index < -0.39 is 0 Å². The summed E-state index contributed by atoms with van der Waals surface area (Å²) in [5.74, 6) is 1.56. The van der Waals surface area contributed by atoms with Crippen LogP contribution >= 0.6 is 23.2 Å². The molecule has 1 saturated heterocycles.